The predicted molar refractivity (Wildman–Crippen MR) is 60.5 cm³/mol. The molecule has 1 fully saturated rings. The predicted octanol–water partition coefficient (Wildman–Crippen LogP) is -2.58. The minimum Gasteiger partial charge on any atom is -0.479 e. The molecule has 106 valence electrons. The van der Waals surface area contributed by atoms with E-state index < -0.39 is 49.0 Å². The Bertz CT molecular complexity index is 394. The molecule has 0 aliphatic carbocycles. The molecule has 0 aromatic heterocycles. The van der Waals surface area contributed by atoms with Crippen LogP contribution in [0.5, 0.6) is 0 Å². The normalized spacial score (nSPS) is 21.9. The van der Waals surface area contributed by atoms with Gasteiger partial charge in [0, 0.05) is 0 Å². The molecule has 2 atom stereocenters. The zero-order chi connectivity index (χ0) is 14.6. The number of rotatable bonds is 6. The summed E-state index contributed by atoms with van der Waals surface area (Å²) in [6.07, 6.45) is -1.67. The Labute approximate surface area is 108 Å². The number of ether oxygens (including phenoxy) is 1. The molecule has 0 radical (unpaired) electrons. The van der Waals surface area contributed by atoms with Crippen LogP contribution in [0.2, 0.25) is 0 Å². The van der Waals surface area contributed by atoms with Crippen molar-refractivity contribution >= 4 is 23.7 Å². The van der Waals surface area contributed by atoms with Crippen LogP contribution in [-0.2, 0) is 23.9 Å². The van der Waals surface area contributed by atoms with Crippen molar-refractivity contribution in [3.63, 3.8) is 0 Å². The summed E-state index contributed by atoms with van der Waals surface area (Å²) in [6.45, 7) is -0.946. The molecule has 0 aromatic carbocycles. The summed E-state index contributed by atoms with van der Waals surface area (Å²) in [5, 5.41) is 8.74. The Morgan fingerprint density at radius 1 is 1.05 bits per heavy atom. The molecule has 0 unspecified atom stereocenters. The lowest BCUT2D eigenvalue weighted by molar-refractivity contribution is -0.156. The van der Waals surface area contributed by atoms with Crippen LogP contribution in [0.25, 0.3) is 0 Å². The second-order valence-electron chi connectivity index (χ2n) is 4.16. The van der Waals surface area contributed by atoms with Crippen molar-refractivity contribution in [2.45, 2.75) is 25.0 Å². The van der Waals surface area contributed by atoms with E-state index in [9.17, 15) is 19.2 Å². The van der Waals surface area contributed by atoms with Gasteiger partial charge in [0.2, 0.25) is 11.8 Å². The van der Waals surface area contributed by atoms with Crippen LogP contribution in [0.15, 0.2) is 0 Å². The van der Waals surface area contributed by atoms with Gasteiger partial charge < -0.3 is 26.2 Å². The number of amides is 3. The number of primary amides is 2. The smallest absolute Gasteiger partial charge is 0.332 e. The monoisotopic (exact) mass is 273 g/mol. The van der Waals surface area contributed by atoms with Crippen molar-refractivity contribution in [3.8, 4) is 0 Å². The molecule has 0 spiro atoms. The maximum atomic E-state index is 12.0. The Morgan fingerprint density at radius 2 is 1.53 bits per heavy atom. The standard InChI is InChI=1S/C10H15N3O6/c11-7(14)3-13(4-8(12)15)9(16)5-1-2-6(19-5)10(17)18/h5-6H,1-4H2,(H2,11,14)(H2,12,15)(H,17,18)/t5-,6+/m0/s1. The average molecular weight is 273 g/mol. The molecule has 3 amide bonds. The Hall–Kier alpha value is -2.16. The molecule has 0 saturated carbocycles. The molecule has 1 aliphatic heterocycles. The third kappa shape index (κ3) is 4.21. The van der Waals surface area contributed by atoms with Gasteiger partial charge in [-0.1, -0.05) is 0 Å². The quantitative estimate of drug-likeness (QED) is 0.483. The number of hydrogen-bond donors (Lipinski definition) is 3. The number of aliphatic carboxylic acids is 1. The molecule has 0 bridgehead atoms. The molecule has 9 heteroatoms. The molecule has 0 aromatic rings. The highest BCUT2D eigenvalue weighted by Gasteiger charge is 2.37. The third-order valence-electron chi connectivity index (χ3n) is 2.58. The van der Waals surface area contributed by atoms with Crippen LogP contribution < -0.4 is 11.5 Å². The summed E-state index contributed by atoms with van der Waals surface area (Å²) in [6, 6.07) is 0. The SMILES string of the molecule is NC(=O)CN(CC(N)=O)C(=O)[C@@H]1CC[C@H](C(=O)O)O1. The first-order chi connectivity index (χ1) is 8.81. The lowest BCUT2D eigenvalue weighted by Crippen LogP contribution is -2.47. The van der Waals surface area contributed by atoms with Crippen molar-refractivity contribution in [3.05, 3.63) is 0 Å². The van der Waals surface area contributed by atoms with E-state index in [1.54, 1.807) is 0 Å². The second kappa shape index (κ2) is 6.14. The summed E-state index contributed by atoms with van der Waals surface area (Å²) in [5.41, 5.74) is 9.92. The van der Waals surface area contributed by atoms with Crippen LogP contribution in [0, 0.1) is 0 Å². The second-order valence-corrected chi connectivity index (χ2v) is 4.16. The molecule has 1 aliphatic rings. The highest BCUT2D eigenvalue weighted by Crippen LogP contribution is 2.21. The van der Waals surface area contributed by atoms with Gasteiger partial charge in [-0.15, -0.1) is 0 Å². The molecular weight excluding hydrogens is 258 g/mol. The number of nitrogens with zero attached hydrogens (tertiary/aromatic N) is 1. The molecule has 1 rings (SSSR count). The van der Waals surface area contributed by atoms with Crippen LogP contribution in [0.3, 0.4) is 0 Å². The average Bonchev–Trinajstić information content (AvgIpc) is 2.75. The van der Waals surface area contributed by atoms with Gasteiger partial charge in [0.15, 0.2) is 6.10 Å². The Balaban J connectivity index is 2.69. The highest BCUT2D eigenvalue weighted by atomic mass is 16.5. The number of hydrogen-bond acceptors (Lipinski definition) is 5. The van der Waals surface area contributed by atoms with Crippen molar-refractivity contribution < 1.29 is 29.0 Å². The Morgan fingerprint density at radius 3 is 1.89 bits per heavy atom. The molecule has 9 nitrogen and oxygen atoms in total. The molecule has 19 heavy (non-hydrogen) atoms. The number of carbonyl (C=O) groups is 4. The lowest BCUT2D eigenvalue weighted by atomic mass is 10.2. The van der Waals surface area contributed by atoms with Crippen molar-refractivity contribution in [2.24, 2.45) is 11.5 Å². The van der Waals surface area contributed by atoms with Crippen molar-refractivity contribution in [1.29, 1.82) is 0 Å². The zero-order valence-corrected chi connectivity index (χ0v) is 10.1. The van der Waals surface area contributed by atoms with E-state index in [0.29, 0.717) is 0 Å². The largest absolute Gasteiger partial charge is 0.479 e. The molecule has 1 heterocycles. The zero-order valence-electron chi connectivity index (χ0n) is 10.1. The van der Waals surface area contributed by atoms with Gasteiger partial charge in [0.25, 0.3) is 5.91 Å². The fourth-order valence-corrected chi connectivity index (χ4v) is 1.79. The van der Waals surface area contributed by atoms with Gasteiger partial charge in [-0.3, -0.25) is 14.4 Å². The summed E-state index contributed by atoms with van der Waals surface area (Å²) >= 11 is 0. The fourth-order valence-electron chi connectivity index (χ4n) is 1.79. The topological polar surface area (TPSA) is 153 Å². The molecule has 1 saturated heterocycles. The first-order valence-corrected chi connectivity index (χ1v) is 5.55. The van der Waals surface area contributed by atoms with E-state index in [1.165, 1.54) is 0 Å². The van der Waals surface area contributed by atoms with E-state index in [4.69, 9.17) is 21.3 Å². The van der Waals surface area contributed by atoms with Gasteiger partial charge >= 0.3 is 5.97 Å². The van der Waals surface area contributed by atoms with Gasteiger partial charge in [0.1, 0.15) is 6.10 Å². The number of carbonyl (C=O) groups excluding carboxylic acids is 3. The summed E-state index contributed by atoms with van der Waals surface area (Å²) in [5.74, 6) is -3.43. The van der Waals surface area contributed by atoms with Crippen LogP contribution in [0.1, 0.15) is 12.8 Å². The molecule has 5 N–H and O–H groups in total. The Kier molecular flexibility index (Phi) is 4.81. The van der Waals surface area contributed by atoms with E-state index in [2.05, 4.69) is 0 Å². The van der Waals surface area contributed by atoms with E-state index >= 15 is 0 Å². The highest BCUT2D eigenvalue weighted by molar-refractivity contribution is 5.90. The lowest BCUT2D eigenvalue weighted by Gasteiger charge is -2.22. The minimum atomic E-state index is -1.16. The van der Waals surface area contributed by atoms with Gasteiger partial charge in [-0.2, -0.15) is 0 Å². The minimum absolute atomic E-state index is 0.187. The van der Waals surface area contributed by atoms with Crippen molar-refractivity contribution in [2.75, 3.05) is 13.1 Å². The van der Waals surface area contributed by atoms with Gasteiger partial charge in [-0.05, 0) is 12.8 Å². The van der Waals surface area contributed by atoms with Crippen molar-refractivity contribution in [1.82, 2.24) is 4.90 Å². The summed E-state index contributed by atoms with van der Waals surface area (Å²) in [7, 11) is 0. The number of nitrogens with two attached hydrogens (primary N) is 2. The number of carboxylic acid groups (broad SMARTS) is 1. The number of carboxylic acids is 1. The van der Waals surface area contributed by atoms with Gasteiger partial charge in [-0.25, -0.2) is 4.79 Å². The fraction of sp³-hybridized carbons (Fsp3) is 0.600. The van der Waals surface area contributed by atoms with E-state index in [0.717, 1.165) is 4.90 Å². The van der Waals surface area contributed by atoms with Crippen LogP contribution in [-0.4, -0.2) is 59.0 Å². The maximum absolute atomic E-state index is 12.0. The first-order valence-electron chi connectivity index (χ1n) is 5.55. The first kappa shape index (κ1) is 14.9. The third-order valence-corrected chi connectivity index (χ3v) is 2.58. The molecular formula is C10H15N3O6. The maximum Gasteiger partial charge on any atom is 0.332 e. The van der Waals surface area contributed by atoms with Crippen LogP contribution >= 0.6 is 0 Å². The van der Waals surface area contributed by atoms with E-state index in [-0.39, 0.29) is 12.8 Å². The summed E-state index contributed by atoms with van der Waals surface area (Å²) in [4.78, 5) is 45.2. The summed E-state index contributed by atoms with van der Waals surface area (Å²) < 4.78 is 5.03. The van der Waals surface area contributed by atoms with Crippen LogP contribution in [0.4, 0.5) is 0 Å². The van der Waals surface area contributed by atoms with E-state index in [1.807, 2.05) is 0 Å². The van der Waals surface area contributed by atoms with Gasteiger partial charge in [0.05, 0.1) is 13.1 Å².